The van der Waals surface area contributed by atoms with Gasteiger partial charge in [0.05, 0.1) is 12.0 Å². The lowest BCUT2D eigenvalue weighted by atomic mass is 9.79. The minimum atomic E-state index is -0.576. The number of thioether (sulfide) groups is 1. The van der Waals surface area contributed by atoms with E-state index in [1.807, 2.05) is 11.8 Å². The molecule has 2 aliphatic rings. The van der Waals surface area contributed by atoms with Gasteiger partial charge in [-0.25, -0.2) is 0 Å². The van der Waals surface area contributed by atoms with Crippen LogP contribution >= 0.6 is 35.7 Å². The normalized spacial score (nSPS) is 23.0. The first-order valence-corrected chi connectivity index (χ1v) is 7.80. The van der Waals surface area contributed by atoms with Gasteiger partial charge in [0.1, 0.15) is 0 Å². The lowest BCUT2D eigenvalue weighted by Gasteiger charge is -2.33. The van der Waals surface area contributed by atoms with Crippen molar-refractivity contribution >= 4 is 47.6 Å². The third kappa shape index (κ3) is 4.39. The van der Waals surface area contributed by atoms with Gasteiger partial charge in [0.2, 0.25) is 5.91 Å². The monoisotopic (exact) mass is 414 g/mol. The molecule has 6 nitrogen and oxygen atoms in total. The zero-order valence-corrected chi connectivity index (χ0v) is 14.7. The molecule has 20 heavy (non-hydrogen) atoms. The molecule has 2 saturated heterocycles. The van der Waals surface area contributed by atoms with E-state index >= 15 is 0 Å². The summed E-state index contributed by atoms with van der Waals surface area (Å²) in [5, 5.41) is 0. The Morgan fingerprint density at radius 2 is 1.85 bits per heavy atom. The highest BCUT2D eigenvalue weighted by atomic mass is 127. The van der Waals surface area contributed by atoms with Crippen LogP contribution in [0.4, 0.5) is 0 Å². The molecule has 1 amide bonds. The third-order valence-electron chi connectivity index (χ3n) is 3.85. The number of aliphatic imine (C=N–C) groups is 1. The van der Waals surface area contributed by atoms with Gasteiger partial charge in [0, 0.05) is 37.8 Å². The molecule has 0 spiro atoms. The smallest absolute Gasteiger partial charge is 0.225 e. The van der Waals surface area contributed by atoms with E-state index in [1.54, 1.807) is 0 Å². The molecule has 8 heteroatoms. The van der Waals surface area contributed by atoms with Crippen molar-refractivity contribution in [2.45, 2.75) is 12.8 Å². The molecule has 0 unspecified atom stereocenters. The zero-order chi connectivity index (χ0) is 13.7. The van der Waals surface area contributed by atoms with Gasteiger partial charge in [-0.3, -0.25) is 9.79 Å². The maximum atomic E-state index is 11.7. The summed E-state index contributed by atoms with van der Waals surface area (Å²) < 4.78 is 5.30. The number of nitrogens with two attached hydrogens (primary N) is 2. The zero-order valence-electron chi connectivity index (χ0n) is 11.5. The van der Waals surface area contributed by atoms with Gasteiger partial charge in [0.25, 0.3) is 0 Å². The van der Waals surface area contributed by atoms with Gasteiger partial charge in [-0.15, -0.1) is 24.0 Å². The number of ether oxygens (including phenoxy) is 1. The SMILES string of the molecule is I.NC(=O)C1(CN=C(N)N2CCSCC2)CCOCC1. The van der Waals surface area contributed by atoms with Crippen molar-refractivity contribution in [2.75, 3.05) is 44.4 Å². The highest BCUT2D eigenvalue weighted by Crippen LogP contribution is 2.30. The summed E-state index contributed by atoms with van der Waals surface area (Å²) in [5.74, 6) is 2.39. The lowest BCUT2D eigenvalue weighted by Crippen LogP contribution is -2.46. The number of guanidine groups is 1. The van der Waals surface area contributed by atoms with E-state index in [9.17, 15) is 4.79 Å². The van der Waals surface area contributed by atoms with Crippen molar-refractivity contribution < 1.29 is 9.53 Å². The number of hydrogen-bond acceptors (Lipinski definition) is 4. The Morgan fingerprint density at radius 3 is 2.40 bits per heavy atom. The molecule has 2 heterocycles. The minimum Gasteiger partial charge on any atom is -0.381 e. The van der Waals surface area contributed by atoms with Crippen molar-refractivity contribution in [3.8, 4) is 0 Å². The fraction of sp³-hybridized carbons (Fsp3) is 0.833. The fourth-order valence-corrected chi connectivity index (χ4v) is 3.27. The molecule has 0 atom stereocenters. The third-order valence-corrected chi connectivity index (χ3v) is 4.79. The van der Waals surface area contributed by atoms with E-state index in [0.717, 1.165) is 24.6 Å². The van der Waals surface area contributed by atoms with Crippen LogP contribution in [0.2, 0.25) is 0 Å². The second kappa shape index (κ2) is 8.28. The molecule has 4 N–H and O–H groups in total. The summed E-state index contributed by atoms with van der Waals surface area (Å²) in [6.07, 6.45) is 1.27. The Bertz CT molecular complexity index is 355. The molecule has 0 aliphatic carbocycles. The van der Waals surface area contributed by atoms with Crippen LogP contribution in [0, 0.1) is 5.41 Å². The van der Waals surface area contributed by atoms with Gasteiger partial charge >= 0.3 is 0 Å². The Balaban J connectivity index is 0.00000200. The van der Waals surface area contributed by atoms with E-state index in [0.29, 0.717) is 38.6 Å². The summed E-state index contributed by atoms with van der Waals surface area (Å²) in [7, 11) is 0. The lowest BCUT2D eigenvalue weighted by molar-refractivity contribution is -0.132. The quantitative estimate of drug-likeness (QED) is 0.392. The molecule has 0 aromatic carbocycles. The number of amides is 1. The number of carbonyl (C=O) groups is 1. The summed E-state index contributed by atoms with van der Waals surface area (Å²) >= 11 is 1.92. The highest BCUT2D eigenvalue weighted by molar-refractivity contribution is 14.0. The number of nitrogens with zero attached hydrogens (tertiary/aromatic N) is 2. The molecule has 0 saturated carbocycles. The van der Waals surface area contributed by atoms with Crippen LogP contribution in [-0.2, 0) is 9.53 Å². The maximum absolute atomic E-state index is 11.7. The first-order chi connectivity index (χ1) is 9.14. The van der Waals surface area contributed by atoms with Crippen LogP contribution in [0.5, 0.6) is 0 Å². The molecule has 0 aromatic heterocycles. The molecule has 2 aliphatic heterocycles. The largest absolute Gasteiger partial charge is 0.381 e. The molecular weight excluding hydrogens is 391 g/mol. The van der Waals surface area contributed by atoms with Crippen LogP contribution in [-0.4, -0.2) is 61.1 Å². The van der Waals surface area contributed by atoms with Gasteiger partial charge in [-0.05, 0) is 12.8 Å². The fourth-order valence-electron chi connectivity index (χ4n) is 2.37. The first-order valence-electron chi connectivity index (χ1n) is 6.64. The number of halogens is 1. The Labute approximate surface area is 141 Å². The van der Waals surface area contributed by atoms with Crippen LogP contribution in [0.1, 0.15) is 12.8 Å². The van der Waals surface area contributed by atoms with E-state index in [2.05, 4.69) is 9.89 Å². The van der Waals surface area contributed by atoms with E-state index < -0.39 is 5.41 Å². The Morgan fingerprint density at radius 1 is 1.25 bits per heavy atom. The minimum absolute atomic E-state index is 0. The van der Waals surface area contributed by atoms with Crippen molar-refractivity contribution in [3.63, 3.8) is 0 Å². The van der Waals surface area contributed by atoms with Crippen LogP contribution < -0.4 is 11.5 Å². The van der Waals surface area contributed by atoms with Crippen LogP contribution in [0.15, 0.2) is 4.99 Å². The topological polar surface area (TPSA) is 93.9 Å². The molecule has 0 aromatic rings. The number of rotatable bonds is 3. The standard InChI is InChI=1S/C12H22N4O2S.HI/c13-10(17)12(1-5-18-6-2-12)9-15-11(14)16-3-7-19-8-4-16;/h1-9H2,(H2,13,17)(H2,14,15);1H. The molecular formula is C12H23IN4O2S. The van der Waals surface area contributed by atoms with Crippen molar-refractivity contribution in [1.82, 2.24) is 4.90 Å². The number of hydrogen-bond donors (Lipinski definition) is 2. The predicted molar refractivity (Wildman–Crippen MR) is 92.5 cm³/mol. The first kappa shape index (κ1) is 17.8. The summed E-state index contributed by atoms with van der Waals surface area (Å²) in [5.41, 5.74) is 11.0. The summed E-state index contributed by atoms with van der Waals surface area (Å²) in [6, 6.07) is 0. The number of carbonyl (C=O) groups excluding carboxylic acids is 1. The molecule has 116 valence electrons. The number of primary amides is 1. The van der Waals surface area contributed by atoms with E-state index in [-0.39, 0.29) is 29.9 Å². The second-order valence-corrected chi connectivity index (χ2v) is 6.26. The van der Waals surface area contributed by atoms with Gasteiger partial charge in [-0.2, -0.15) is 11.8 Å². The van der Waals surface area contributed by atoms with Crippen molar-refractivity contribution in [3.05, 3.63) is 0 Å². The molecule has 2 fully saturated rings. The average Bonchev–Trinajstić information content (AvgIpc) is 2.46. The van der Waals surface area contributed by atoms with Crippen molar-refractivity contribution in [2.24, 2.45) is 21.9 Å². The maximum Gasteiger partial charge on any atom is 0.225 e. The van der Waals surface area contributed by atoms with Gasteiger partial charge in [0.15, 0.2) is 5.96 Å². The molecule has 0 radical (unpaired) electrons. The van der Waals surface area contributed by atoms with Crippen LogP contribution in [0.25, 0.3) is 0 Å². The average molecular weight is 414 g/mol. The summed E-state index contributed by atoms with van der Waals surface area (Å²) in [4.78, 5) is 18.2. The Kier molecular flexibility index (Phi) is 7.38. The second-order valence-electron chi connectivity index (χ2n) is 5.03. The Hall–Kier alpha value is -0.220. The summed E-state index contributed by atoms with van der Waals surface area (Å²) in [6.45, 7) is 3.36. The van der Waals surface area contributed by atoms with E-state index in [1.165, 1.54) is 0 Å². The molecule has 2 rings (SSSR count). The highest BCUT2D eigenvalue weighted by Gasteiger charge is 2.38. The van der Waals surface area contributed by atoms with Crippen molar-refractivity contribution in [1.29, 1.82) is 0 Å². The van der Waals surface area contributed by atoms with Crippen LogP contribution in [0.3, 0.4) is 0 Å². The van der Waals surface area contributed by atoms with Gasteiger partial charge in [-0.1, -0.05) is 0 Å². The van der Waals surface area contributed by atoms with Gasteiger partial charge < -0.3 is 21.1 Å². The predicted octanol–water partition coefficient (Wildman–Crippen LogP) is 0.250. The van der Waals surface area contributed by atoms with E-state index in [4.69, 9.17) is 16.2 Å². The molecule has 0 bridgehead atoms.